The molecule has 2 heterocycles. The molecule has 1 aromatic rings. The third-order valence-corrected chi connectivity index (χ3v) is 3.55. The molecule has 2 rings (SSSR count). The van der Waals surface area contributed by atoms with Crippen molar-refractivity contribution in [2.75, 3.05) is 13.1 Å². The number of rotatable bonds is 4. The second-order valence-corrected chi connectivity index (χ2v) is 6.30. The topological polar surface area (TPSA) is 48.1 Å². The molecule has 1 amide bonds. The molecule has 0 radical (unpaired) electrons. The number of carbonyl (C=O) groups is 1. The van der Waals surface area contributed by atoms with E-state index in [9.17, 15) is 4.79 Å². The molecule has 1 atom stereocenters. The van der Waals surface area contributed by atoms with Crippen molar-refractivity contribution < 1.29 is 4.79 Å². The van der Waals surface area contributed by atoms with Crippen LogP contribution in [0.5, 0.6) is 0 Å². The standard InChI is InChI=1S/C15H25N3O/c1-15(2,3)17-10-8-14(19)18-11-5-7-13(18)12-6-4-9-16-12/h4,6,9,13,16-17H,5,7-8,10-11H2,1-3H3. The van der Waals surface area contributed by atoms with Gasteiger partial charge in [0.25, 0.3) is 0 Å². The lowest BCUT2D eigenvalue weighted by atomic mass is 10.1. The first-order chi connectivity index (χ1) is 8.97. The van der Waals surface area contributed by atoms with Crippen LogP contribution < -0.4 is 5.32 Å². The number of hydrogen-bond donors (Lipinski definition) is 2. The Kier molecular flexibility index (Phi) is 4.30. The molecule has 106 valence electrons. The summed E-state index contributed by atoms with van der Waals surface area (Å²) in [6.45, 7) is 7.99. The van der Waals surface area contributed by atoms with Gasteiger partial charge in [0.2, 0.25) is 5.91 Å². The highest BCUT2D eigenvalue weighted by atomic mass is 16.2. The van der Waals surface area contributed by atoms with Crippen molar-refractivity contribution >= 4 is 5.91 Å². The minimum atomic E-state index is 0.0736. The van der Waals surface area contributed by atoms with E-state index in [4.69, 9.17) is 0 Å². The number of aromatic amines is 1. The largest absolute Gasteiger partial charge is 0.363 e. The quantitative estimate of drug-likeness (QED) is 0.876. The molecule has 4 nitrogen and oxygen atoms in total. The Morgan fingerprint density at radius 2 is 2.32 bits per heavy atom. The molecular weight excluding hydrogens is 238 g/mol. The van der Waals surface area contributed by atoms with E-state index in [1.165, 1.54) is 0 Å². The number of nitrogens with zero attached hydrogens (tertiary/aromatic N) is 1. The lowest BCUT2D eigenvalue weighted by Crippen LogP contribution is -2.39. The third kappa shape index (κ3) is 3.83. The van der Waals surface area contributed by atoms with Gasteiger partial charge in [-0.1, -0.05) is 0 Å². The minimum absolute atomic E-state index is 0.0736. The normalized spacial score (nSPS) is 19.9. The van der Waals surface area contributed by atoms with Gasteiger partial charge in [-0.3, -0.25) is 4.79 Å². The Bertz CT molecular complexity index is 406. The van der Waals surface area contributed by atoms with Crippen molar-refractivity contribution in [2.45, 2.75) is 51.6 Å². The minimum Gasteiger partial charge on any atom is -0.363 e. The molecule has 1 saturated heterocycles. The molecule has 1 aliphatic rings. The molecule has 4 heteroatoms. The predicted octanol–water partition coefficient (Wildman–Crippen LogP) is 2.46. The first-order valence-electron chi connectivity index (χ1n) is 7.15. The van der Waals surface area contributed by atoms with Crippen LogP contribution in [0.15, 0.2) is 18.3 Å². The molecule has 0 bridgehead atoms. The van der Waals surface area contributed by atoms with Crippen molar-refractivity contribution in [3.8, 4) is 0 Å². The molecule has 19 heavy (non-hydrogen) atoms. The second kappa shape index (κ2) is 5.78. The maximum atomic E-state index is 12.3. The van der Waals surface area contributed by atoms with Gasteiger partial charge in [0.15, 0.2) is 0 Å². The molecule has 0 saturated carbocycles. The fourth-order valence-electron chi connectivity index (χ4n) is 2.63. The molecular formula is C15H25N3O. The average molecular weight is 263 g/mol. The molecule has 1 aliphatic heterocycles. The summed E-state index contributed by atoms with van der Waals surface area (Å²) in [5, 5.41) is 3.37. The first kappa shape index (κ1) is 14.1. The predicted molar refractivity (Wildman–Crippen MR) is 76.9 cm³/mol. The molecule has 1 aromatic heterocycles. The number of aromatic nitrogens is 1. The van der Waals surface area contributed by atoms with E-state index in [1.807, 2.05) is 17.2 Å². The summed E-state index contributed by atoms with van der Waals surface area (Å²) < 4.78 is 0. The van der Waals surface area contributed by atoms with Crippen LogP contribution in [0.3, 0.4) is 0 Å². The van der Waals surface area contributed by atoms with Crippen molar-refractivity contribution in [3.63, 3.8) is 0 Å². The zero-order valence-corrected chi connectivity index (χ0v) is 12.2. The Labute approximate surface area is 115 Å². The number of nitrogens with one attached hydrogen (secondary N) is 2. The Morgan fingerprint density at radius 3 is 2.95 bits per heavy atom. The highest BCUT2D eigenvalue weighted by molar-refractivity contribution is 5.77. The lowest BCUT2D eigenvalue weighted by molar-refractivity contribution is -0.132. The number of carbonyl (C=O) groups excluding carboxylic acids is 1. The van der Waals surface area contributed by atoms with Gasteiger partial charge in [0, 0.05) is 36.9 Å². The summed E-state index contributed by atoms with van der Waals surface area (Å²) in [6, 6.07) is 4.32. The van der Waals surface area contributed by atoms with Gasteiger partial charge < -0.3 is 15.2 Å². The van der Waals surface area contributed by atoms with Gasteiger partial charge in [-0.2, -0.15) is 0 Å². The van der Waals surface area contributed by atoms with E-state index in [-0.39, 0.29) is 17.5 Å². The van der Waals surface area contributed by atoms with Crippen LogP contribution in [0.25, 0.3) is 0 Å². The van der Waals surface area contributed by atoms with Gasteiger partial charge in [-0.15, -0.1) is 0 Å². The zero-order valence-electron chi connectivity index (χ0n) is 12.2. The summed E-state index contributed by atoms with van der Waals surface area (Å²) in [7, 11) is 0. The van der Waals surface area contributed by atoms with Crippen LogP contribution in [0.1, 0.15) is 51.8 Å². The van der Waals surface area contributed by atoms with Gasteiger partial charge >= 0.3 is 0 Å². The molecule has 0 spiro atoms. The smallest absolute Gasteiger partial charge is 0.224 e. The third-order valence-electron chi connectivity index (χ3n) is 3.55. The van der Waals surface area contributed by atoms with Crippen LogP contribution in [0.2, 0.25) is 0 Å². The molecule has 0 aliphatic carbocycles. The van der Waals surface area contributed by atoms with Crippen molar-refractivity contribution in [2.24, 2.45) is 0 Å². The van der Waals surface area contributed by atoms with Crippen molar-refractivity contribution in [3.05, 3.63) is 24.0 Å². The van der Waals surface area contributed by atoms with E-state index in [0.29, 0.717) is 6.42 Å². The number of hydrogen-bond acceptors (Lipinski definition) is 2. The van der Waals surface area contributed by atoms with E-state index < -0.39 is 0 Å². The summed E-state index contributed by atoms with van der Waals surface area (Å²) in [4.78, 5) is 17.6. The van der Waals surface area contributed by atoms with Crippen LogP contribution in [0.4, 0.5) is 0 Å². The Morgan fingerprint density at radius 1 is 1.53 bits per heavy atom. The Balaban J connectivity index is 1.88. The summed E-state index contributed by atoms with van der Waals surface area (Å²) in [6.07, 6.45) is 4.67. The Hall–Kier alpha value is -1.29. The van der Waals surface area contributed by atoms with Crippen molar-refractivity contribution in [1.29, 1.82) is 0 Å². The van der Waals surface area contributed by atoms with Crippen LogP contribution >= 0.6 is 0 Å². The maximum Gasteiger partial charge on any atom is 0.224 e. The number of likely N-dealkylation sites (tertiary alicyclic amines) is 1. The molecule has 2 N–H and O–H groups in total. The molecule has 1 unspecified atom stereocenters. The van der Waals surface area contributed by atoms with Gasteiger partial charge in [0.05, 0.1) is 6.04 Å². The van der Waals surface area contributed by atoms with Crippen LogP contribution in [0, 0.1) is 0 Å². The SMILES string of the molecule is CC(C)(C)NCCC(=O)N1CCCC1c1ccc[nH]1. The highest BCUT2D eigenvalue weighted by Crippen LogP contribution is 2.31. The van der Waals surface area contributed by atoms with Crippen LogP contribution in [-0.4, -0.2) is 34.4 Å². The van der Waals surface area contributed by atoms with Gasteiger partial charge in [-0.25, -0.2) is 0 Å². The summed E-state index contributed by atoms with van der Waals surface area (Å²) in [5.74, 6) is 0.258. The number of amides is 1. The van der Waals surface area contributed by atoms with E-state index in [2.05, 4.69) is 37.1 Å². The fraction of sp³-hybridized carbons (Fsp3) is 0.667. The maximum absolute atomic E-state index is 12.3. The van der Waals surface area contributed by atoms with Gasteiger partial charge in [0.1, 0.15) is 0 Å². The monoisotopic (exact) mass is 263 g/mol. The summed E-state index contributed by atoms with van der Waals surface area (Å²) >= 11 is 0. The fourth-order valence-corrected chi connectivity index (χ4v) is 2.63. The van der Waals surface area contributed by atoms with E-state index in [1.54, 1.807) is 0 Å². The van der Waals surface area contributed by atoms with Crippen molar-refractivity contribution in [1.82, 2.24) is 15.2 Å². The van der Waals surface area contributed by atoms with E-state index >= 15 is 0 Å². The highest BCUT2D eigenvalue weighted by Gasteiger charge is 2.30. The second-order valence-electron chi connectivity index (χ2n) is 6.30. The summed E-state index contributed by atoms with van der Waals surface area (Å²) in [5.41, 5.74) is 1.24. The average Bonchev–Trinajstić information content (AvgIpc) is 2.97. The van der Waals surface area contributed by atoms with E-state index in [0.717, 1.165) is 31.6 Å². The molecule has 1 fully saturated rings. The lowest BCUT2D eigenvalue weighted by Gasteiger charge is -2.25. The molecule has 0 aromatic carbocycles. The number of H-pyrrole nitrogens is 1. The van der Waals surface area contributed by atoms with Crippen LogP contribution in [-0.2, 0) is 4.79 Å². The zero-order chi connectivity index (χ0) is 13.9. The first-order valence-corrected chi connectivity index (χ1v) is 7.15. The van der Waals surface area contributed by atoms with Gasteiger partial charge in [-0.05, 0) is 45.7 Å².